The summed E-state index contributed by atoms with van der Waals surface area (Å²) in [5, 5.41) is 3.41. The van der Waals surface area contributed by atoms with Crippen LogP contribution in [0.15, 0.2) is 28.7 Å². The average Bonchev–Trinajstić information content (AvgIpc) is 2.37. The van der Waals surface area contributed by atoms with Crippen molar-refractivity contribution in [1.82, 2.24) is 5.32 Å². The molecule has 1 rings (SSSR count). The van der Waals surface area contributed by atoms with Crippen molar-refractivity contribution in [1.29, 1.82) is 0 Å². The lowest BCUT2D eigenvalue weighted by Gasteiger charge is -2.14. The lowest BCUT2D eigenvalue weighted by atomic mass is 10.0. The molecule has 1 aromatic rings. The molecule has 1 N–H and O–H groups in total. The van der Waals surface area contributed by atoms with Gasteiger partial charge >= 0.3 is 0 Å². The quantitative estimate of drug-likeness (QED) is 0.543. The first kappa shape index (κ1) is 15.8. The molecule has 4 heteroatoms. The van der Waals surface area contributed by atoms with Crippen molar-refractivity contribution >= 4 is 27.5 Å². The van der Waals surface area contributed by atoms with Crippen molar-refractivity contribution in [2.75, 3.05) is 25.6 Å². The molecule has 0 heterocycles. The van der Waals surface area contributed by atoms with Crippen molar-refractivity contribution in [3.05, 3.63) is 28.7 Å². The van der Waals surface area contributed by atoms with E-state index >= 15 is 0 Å². The van der Waals surface area contributed by atoms with Crippen LogP contribution in [0.5, 0.6) is 5.75 Å². The van der Waals surface area contributed by atoms with Gasteiger partial charge in [0.1, 0.15) is 12.4 Å². The summed E-state index contributed by atoms with van der Waals surface area (Å²) in [4.78, 5) is 0. The lowest BCUT2D eigenvalue weighted by Crippen LogP contribution is -2.27. The number of rotatable bonds is 9. The minimum atomic E-state index is 0.674. The summed E-state index contributed by atoms with van der Waals surface area (Å²) in [6, 6.07) is 7.90. The first-order chi connectivity index (χ1) is 8.76. The monoisotopic (exact) mass is 333 g/mol. The van der Waals surface area contributed by atoms with Crippen LogP contribution in [0.25, 0.3) is 0 Å². The van der Waals surface area contributed by atoms with Crippen LogP contribution in [0.4, 0.5) is 0 Å². The summed E-state index contributed by atoms with van der Waals surface area (Å²) in [5.41, 5.74) is 0. The first-order valence-corrected chi connectivity index (χ1v) is 7.74. The van der Waals surface area contributed by atoms with Gasteiger partial charge in [-0.3, -0.25) is 0 Å². The Hall–Kier alpha value is -0.250. The minimum Gasteiger partial charge on any atom is -0.492 e. The predicted molar refractivity (Wildman–Crippen MR) is 81.6 cm³/mol. The molecule has 1 aromatic carbocycles. The zero-order chi connectivity index (χ0) is 13.2. The number of halogens is 2. The Kier molecular flexibility index (Phi) is 8.47. The predicted octanol–water partition coefficient (Wildman–Crippen LogP) is 4.07. The van der Waals surface area contributed by atoms with Crippen molar-refractivity contribution in [3.8, 4) is 5.75 Å². The summed E-state index contributed by atoms with van der Waals surface area (Å²) in [6.45, 7) is 4.78. The van der Waals surface area contributed by atoms with Crippen molar-refractivity contribution in [2.24, 2.45) is 5.92 Å². The average molecular weight is 335 g/mol. The Balaban J connectivity index is 2.11. The second-order valence-electron chi connectivity index (χ2n) is 4.26. The van der Waals surface area contributed by atoms with Crippen molar-refractivity contribution in [2.45, 2.75) is 19.8 Å². The van der Waals surface area contributed by atoms with Crippen LogP contribution >= 0.6 is 27.5 Å². The highest BCUT2D eigenvalue weighted by molar-refractivity contribution is 9.10. The van der Waals surface area contributed by atoms with E-state index in [0.717, 1.165) is 35.6 Å². The summed E-state index contributed by atoms with van der Waals surface area (Å²) >= 11 is 9.18. The highest BCUT2D eigenvalue weighted by Gasteiger charge is 2.04. The molecule has 1 atom stereocenters. The Morgan fingerprint density at radius 3 is 2.94 bits per heavy atom. The van der Waals surface area contributed by atoms with Gasteiger partial charge in [0.2, 0.25) is 0 Å². The van der Waals surface area contributed by atoms with E-state index in [-0.39, 0.29) is 0 Å². The maximum absolute atomic E-state index is 5.75. The molecule has 0 saturated heterocycles. The smallest absolute Gasteiger partial charge is 0.120 e. The van der Waals surface area contributed by atoms with E-state index in [1.165, 1.54) is 6.42 Å². The molecule has 0 bridgehead atoms. The molecule has 0 saturated carbocycles. The second kappa shape index (κ2) is 9.65. The van der Waals surface area contributed by atoms with E-state index in [2.05, 4.69) is 28.2 Å². The lowest BCUT2D eigenvalue weighted by molar-refractivity contribution is 0.307. The maximum atomic E-state index is 5.75. The maximum Gasteiger partial charge on any atom is 0.120 e. The Morgan fingerprint density at radius 1 is 1.44 bits per heavy atom. The van der Waals surface area contributed by atoms with E-state index in [4.69, 9.17) is 16.3 Å². The molecule has 102 valence electrons. The zero-order valence-electron chi connectivity index (χ0n) is 10.8. The topological polar surface area (TPSA) is 21.3 Å². The van der Waals surface area contributed by atoms with E-state index < -0.39 is 0 Å². The molecule has 0 aliphatic rings. The van der Waals surface area contributed by atoms with Gasteiger partial charge in [-0.25, -0.2) is 0 Å². The third-order valence-electron chi connectivity index (χ3n) is 2.87. The molecule has 0 amide bonds. The summed E-state index contributed by atoms with van der Waals surface area (Å²) in [6.07, 6.45) is 2.25. The molecular formula is C14H21BrClNO. The SMILES string of the molecule is CCC(CCCl)CNCCOc1cccc(Br)c1. The number of alkyl halides is 1. The molecule has 0 aromatic heterocycles. The van der Waals surface area contributed by atoms with Crippen LogP contribution < -0.4 is 10.1 Å². The van der Waals surface area contributed by atoms with E-state index in [0.29, 0.717) is 12.5 Å². The fraction of sp³-hybridized carbons (Fsp3) is 0.571. The Morgan fingerprint density at radius 2 is 2.28 bits per heavy atom. The zero-order valence-corrected chi connectivity index (χ0v) is 13.1. The molecule has 0 aliphatic heterocycles. The largest absolute Gasteiger partial charge is 0.492 e. The molecule has 0 radical (unpaired) electrons. The van der Waals surface area contributed by atoms with Crippen LogP contribution in [0.3, 0.4) is 0 Å². The first-order valence-electron chi connectivity index (χ1n) is 6.41. The summed E-state index contributed by atoms with van der Waals surface area (Å²) < 4.78 is 6.69. The van der Waals surface area contributed by atoms with Crippen LogP contribution in [0.2, 0.25) is 0 Å². The van der Waals surface area contributed by atoms with Gasteiger partial charge in [0, 0.05) is 16.9 Å². The van der Waals surface area contributed by atoms with Gasteiger partial charge in [0.25, 0.3) is 0 Å². The molecule has 1 unspecified atom stereocenters. The molecule has 18 heavy (non-hydrogen) atoms. The molecular weight excluding hydrogens is 314 g/mol. The molecule has 2 nitrogen and oxygen atoms in total. The number of hydrogen-bond donors (Lipinski definition) is 1. The highest BCUT2D eigenvalue weighted by Crippen LogP contribution is 2.17. The Bertz CT molecular complexity index is 335. The van der Waals surface area contributed by atoms with Gasteiger partial charge < -0.3 is 10.1 Å². The molecule has 0 aliphatic carbocycles. The summed E-state index contributed by atoms with van der Waals surface area (Å²) in [5.74, 6) is 2.32. The normalized spacial score (nSPS) is 12.4. The van der Waals surface area contributed by atoms with E-state index in [1.807, 2.05) is 24.3 Å². The Labute approximate surface area is 123 Å². The van der Waals surface area contributed by atoms with Crippen LogP contribution in [-0.2, 0) is 0 Å². The summed E-state index contributed by atoms with van der Waals surface area (Å²) in [7, 11) is 0. The standard InChI is InChI=1S/C14H21BrClNO/c1-2-12(6-7-16)11-17-8-9-18-14-5-3-4-13(15)10-14/h3-5,10,12,17H,2,6-9,11H2,1H3. The number of hydrogen-bond acceptors (Lipinski definition) is 2. The van der Waals surface area contributed by atoms with E-state index in [9.17, 15) is 0 Å². The van der Waals surface area contributed by atoms with E-state index in [1.54, 1.807) is 0 Å². The van der Waals surface area contributed by atoms with Crippen molar-refractivity contribution < 1.29 is 4.74 Å². The van der Waals surface area contributed by atoms with Crippen LogP contribution in [0, 0.1) is 5.92 Å². The van der Waals surface area contributed by atoms with Gasteiger partial charge in [-0.1, -0.05) is 35.3 Å². The number of nitrogens with one attached hydrogen (secondary N) is 1. The third-order valence-corrected chi connectivity index (χ3v) is 3.58. The minimum absolute atomic E-state index is 0.674. The van der Waals surface area contributed by atoms with Gasteiger partial charge in [0.15, 0.2) is 0 Å². The highest BCUT2D eigenvalue weighted by atomic mass is 79.9. The van der Waals surface area contributed by atoms with Crippen molar-refractivity contribution in [3.63, 3.8) is 0 Å². The van der Waals surface area contributed by atoms with Gasteiger partial charge in [0.05, 0.1) is 0 Å². The van der Waals surface area contributed by atoms with Gasteiger partial charge in [-0.05, 0) is 37.1 Å². The second-order valence-corrected chi connectivity index (χ2v) is 5.56. The van der Waals surface area contributed by atoms with Gasteiger partial charge in [-0.2, -0.15) is 0 Å². The van der Waals surface area contributed by atoms with Crippen LogP contribution in [0.1, 0.15) is 19.8 Å². The third kappa shape index (κ3) is 6.62. The van der Waals surface area contributed by atoms with Crippen LogP contribution in [-0.4, -0.2) is 25.6 Å². The molecule has 0 fully saturated rings. The number of ether oxygens (including phenoxy) is 1. The fourth-order valence-corrected chi connectivity index (χ4v) is 2.40. The van der Waals surface area contributed by atoms with Gasteiger partial charge in [-0.15, -0.1) is 11.6 Å². The number of benzene rings is 1. The molecule has 0 spiro atoms. The fourth-order valence-electron chi connectivity index (χ4n) is 1.71.